The van der Waals surface area contributed by atoms with Gasteiger partial charge in [-0.1, -0.05) is 0 Å². The van der Waals surface area contributed by atoms with Gasteiger partial charge in [-0.05, 0) is 18.2 Å². The lowest BCUT2D eigenvalue weighted by atomic mass is 10.2. The number of aromatic nitrogens is 2. The second kappa shape index (κ2) is 4.80. The van der Waals surface area contributed by atoms with Gasteiger partial charge in [0.15, 0.2) is 0 Å². The summed E-state index contributed by atoms with van der Waals surface area (Å²) in [7, 11) is 0. The first-order valence-corrected chi connectivity index (χ1v) is 5.91. The van der Waals surface area contributed by atoms with Crippen LogP contribution in [0.1, 0.15) is 22.2 Å². The largest absolute Gasteiger partial charge is 0.369 e. The van der Waals surface area contributed by atoms with Gasteiger partial charge >= 0.3 is 0 Å². The van der Waals surface area contributed by atoms with Gasteiger partial charge in [-0.2, -0.15) is 0 Å². The Bertz CT molecular complexity index is 579. The number of nitrogens with zero attached hydrogens (tertiary/aromatic N) is 2. The van der Waals surface area contributed by atoms with Crippen molar-refractivity contribution in [2.45, 2.75) is 6.10 Å². The standard InChI is InChI=1S/C13H13N3O2/c17-8-9-1-2-10-11(5-9)15-6-12(16-10)13-7-14-3-4-18-13/h1-2,5-6,8,13-14H,3-4,7H2. The lowest BCUT2D eigenvalue weighted by Gasteiger charge is -2.22. The van der Waals surface area contributed by atoms with Crippen molar-refractivity contribution in [2.75, 3.05) is 19.7 Å². The van der Waals surface area contributed by atoms with Gasteiger partial charge in [-0.25, -0.2) is 4.98 Å². The summed E-state index contributed by atoms with van der Waals surface area (Å²) in [6.45, 7) is 2.32. The number of hydrogen-bond acceptors (Lipinski definition) is 5. The van der Waals surface area contributed by atoms with Crippen molar-refractivity contribution >= 4 is 17.3 Å². The molecule has 1 unspecified atom stereocenters. The fourth-order valence-corrected chi connectivity index (χ4v) is 2.03. The molecule has 1 fully saturated rings. The van der Waals surface area contributed by atoms with E-state index in [-0.39, 0.29) is 6.10 Å². The number of rotatable bonds is 2. The van der Waals surface area contributed by atoms with Crippen LogP contribution in [0.3, 0.4) is 0 Å². The molecule has 0 amide bonds. The normalized spacial score (nSPS) is 19.9. The van der Waals surface area contributed by atoms with Gasteiger partial charge in [0.05, 0.1) is 29.5 Å². The number of aldehydes is 1. The zero-order chi connectivity index (χ0) is 12.4. The minimum atomic E-state index is -0.0404. The molecular formula is C13H13N3O2. The fourth-order valence-electron chi connectivity index (χ4n) is 2.03. The predicted molar refractivity (Wildman–Crippen MR) is 66.5 cm³/mol. The van der Waals surface area contributed by atoms with E-state index in [1.807, 2.05) is 6.07 Å². The van der Waals surface area contributed by atoms with E-state index in [0.717, 1.165) is 36.1 Å². The van der Waals surface area contributed by atoms with Crippen molar-refractivity contribution < 1.29 is 9.53 Å². The van der Waals surface area contributed by atoms with Gasteiger partial charge < -0.3 is 10.1 Å². The molecule has 1 N–H and O–H groups in total. The van der Waals surface area contributed by atoms with Gasteiger partial charge in [-0.3, -0.25) is 9.78 Å². The molecule has 5 heteroatoms. The predicted octanol–water partition coefficient (Wildman–Crippen LogP) is 1.10. The zero-order valence-corrected chi connectivity index (χ0v) is 9.80. The van der Waals surface area contributed by atoms with E-state index in [0.29, 0.717) is 12.2 Å². The molecule has 2 aromatic rings. The monoisotopic (exact) mass is 243 g/mol. The van der Waals surface area contributed by atoms with Gasteiger partial charge in [0.1, 0.15) is 12.4 Å². The zero-order valence-electron chi connectivity index (χ0n) is 9.80. The van der Waals surface area contributed by atoms with E-state index < -0.39 is 0 Å². The maximum absolute atomic E-state index is 10.7. The van der Waals surface area contributed by atoms with Crippen LogP contribution in [0.2, 0.25) is 0 Å². The third kappa shape index (κ3) is 2.10. The molecule has 5 nitrogen and oxygen atoms in total. The molecule has 0 radical (unpaired) electrons. The molecule has 1 saturated heterocycles. The van der Waals surface area contributed by atoms with Crippen LogP contribution in [0.15, 0.2) is 24.4 Å². The average molecular weight is 243 g/mol. The highest BCUT2D eigenvalue weighted by molar-refractivity contribution is 5.84. The van der Waals surface area contributed by atoms with Crippen LogP contribution in [0.5, 0.6) is 0 Å². The molecular weight excluding hydrogens is 230 g/mol. The van der Waals surface area contributed by atoms with Crippen LogP contribution in [0.25, 0.3) is 11.0 Å². The Hall–Kier alpha value is -1.85. The quantitative estimate of drug-likeness (QED) is 0.800. The first kappa shape index (κ1) is 11.3. The Morgan fingerprint density at radius 3 is 3.11 bits per heavy atom. The van der Waals surface area contributed by atoms with Gasteiger partial charge in [0, 0.05) is 18.7 Å². The fraction of sp³-hybridized carbons (Fsp3) is 0.308. The molecule has 3 rings (SSSR count). The maximum atomic E-state index is 10.7. The number of benzene rings is 1. The van der Waals surface area contributed by atoms with Crippen molar-refractivity contribution in [3.8, 4) is 0 Å². The number of ether oxygens (including phenoxy) is 1. The van der Waals surface area contributed by atoms with Crippen LogP contribution in [-0.4, -0.2) is 36.0 Å². The molecule has 1 aromatic carbocycles. The highest BCUT2D eigenvalue weighted by Crippen LogP contribution is 2.19. The highest BCUT2D eigenvalue weighted by atomic mass is 16.5. The Labute approximate surface area is 104 Å². The SMILES string of the molecule is O=Cc1ccc2nc(C3CNCCO3)cnc2c1. The summed E-state index contributed by atoms with van der Waals surface area (Å²) in [4.78, 5) is 19.6. The molecule has 1 aromatic heterocycles. The highest BCUT2D eigenvalue weighted by Gasteiger charge is 2.17. The first-order chi connectivity index (χ1) is 8.86. The van der Waals surface area contributed by atoms with E-state index in [9.17, 15) is 4.79 Å². The summed E-state index contributed by atoms with van der Waals surface area (Å²) in [5.74, 6) is 0. The molecule has 2 heterocycles. The van der Waals surface area contributed by atoms with E-state index in [1.54, 1.807) is 18.3 Å². The number of carbonyl (C=O) groups is 1. The third-order valence-electron chi connectivity index (χ3n) is 2.98. The molecule has 0 aliphatic carbocycles. The minimum absolute atomic E-state index is 0.0404. The van der Waals surface area contributed by atoms with Gasteiger partial charge in [0.2, 0.25) is 0 Å². The molecule has 0 saturated carbocycles. The molecule has 1 aliphatic rings. The average Bonchev–Trinajstić information content (AvgIpc) is 2.47. The van der Waals surface area contributed by atoms with Crippen molar-refractivity contribution in [3.05, 3.63) is 35.7 Å². The number of fused-ring (bicyclic) bond motifs is 1. The second-order valence-corrected chi connectivity index (χ2v) is 4.22. The van der Waals surface area contributed by atoms with E-state index >= 15 is 0 Å². The lowest BCUT2D eigenvalue weighted by molar-refractivity contribution is 0.0250. The van der Waals surface area contributed by atoms with Crippen LogP contribution in [0, 0.1) is 0 Å². The van der Waals surface area contributed by atoms with E-state index in [4.69, 9.17) is 4.74 Å². The molecule has 18 heavy (non-hydrogen) atoms. The van der Waals surface area contributed by atoms with Crippen molar-refractivity contribution in [1.29, 1.82) is 0 Å². The van der Waals surface area contributed by atoms with Gasteiger partial charge in [-0.15, -0.1) is 0 Å². The number of morpholine rings is 1. The third-order valence-corrected chi connectivity index (χ3v) is 2.98. The minimum Gasteiger partial charge on any atom is -0.369 e. The van der Waals surface area contributed by atoms with Crippen LogP contribution < -0.4 is 5.32 Å². The van der Waals surface area contributed by atoms with Crippen LogP contribution in [0.4, 0.5) is 0 Å². The number of nitrogens with one attached hydrogen (secondary N) is 1. The summed E-state index contributed by atoms with van der Waals surface area (Å²) in [6, 6.07) is 5.29. The molecule has 1 atom stereocenters. The van der Waals surface area contributed by atoms with Gasteiger partial charge in [0.25, 0.3) is 0 Å². The van der Waals surface area contributed by atoms with Crippen molar-refractivity contribution in [3.63, 3.8) is 0 Å². The summed E-state index contributed by atoms with van der Waals surface area (Å²) < 4.78 is 5.64. The summed E-state index contributed by atoms with van der Waals surface area (Å²) in [5, 5.41) is 3.26. The Kier molecular flexibility index (Phi) is 3.00. The number of hydrogen-bond donors (Lipinski definition) is 1. The van der Waals surface area contributed by atoms with Crippen molar-refractivity contribution in [1.82, 2.24) is 15.3 Å². The van der Waals surface area contributed by atoms with Crippen LogP contribution in [-0.2, 0) is 4.74 Å². The molecule has 0 spiro atoms. The number of carbonyl (C=O) groups excluding carboxylic acids is 1. The molecule has 0 bridgehead atoms. The summed E-state index contributed by atoms with van der Waals surface area (Å²) >= 11 is 0. The van der Waals surface area contributed by atoms with Crippen molar-refractivity contribution in [2.24, 2.45) is 0 Å². The first-order valence-electron chi connectivity index (χ1n) is 5.91. The topological polar surface area (TPSA) is 64.1 Å². The lowest BCUT2D eigenvalue weighted by Crippen LogP contribution is -2.33. The summed E-state index contributed by atoms with van der Waals surface area (Å²) in [5.41, 5.74) is 2.95. The summed E-state index contributed by atoms with van der Waals surface area (Å²) in [6.07, 6.45) is 2.49. The Morgan fingerprint density at radius 1 is 1.39 bits per heavy atom. The smallest absolute Gasteiger partial charge is 0.150 e. The Balaban J connectivity index is 1.97. The second-order valence-electron chi connectivity index (χ2n) is 4.22. The van der Waals surface area contributed by atoms with E-state index in [2.05, 4.69) is 15.3 Å². The maximum Gasteiger partial charge on any atom is 0.150 e. The van der Waals surface area contributed by atoms with Crippen LogP contribution >= 0.6 is 0 Å². The molecule has 1 aliphatic heterocycles. The van der Waals surface area contributed by atoms with E-state index in [1.165, 1.54) is 0 Å². The Morgan fingerprint density at radius 2 is 2.33 bits per heavy atom. The molecule has 92 valence electrons.